The lowest BCUT2D eigenvalue weighted by Crippen LogP contribution is -2.35. The lowest BCUT2D eigenvalue weighted by molar-refractivity contribution is -0.135. The number of hydrogen-bond donors (Lipinski definition) is 3. The molecule has 0 bridgehead atoms. The SMILES string of the molecule is Cl.N=C(N)c1ccc(Cc2nc3cc(N(CC(=O)O)S(=O)(=O)c4cccc5cccnc45)ccc3s2)cc1. The lowest BCUT2D eigenvalue weighted by atomic mass is 10.1. The number of nitrogens with two attached hydrogens (primary N) is 1. The van der Waals surface area contributed by atoms with Gasteiger partial charge in [-0.1, -0.05) is 42.5 Å². The predicted molar refractivity (Wildman–Crippen MR) is 151 cm³/mol. The number of carboxylic acid groups (broad SMARTS) is 1. The third-order valence-corrected chi connectivity index (χ3v) is 8.61. The Morgan fingerprint density at radius 1 is 1.05 bits per heavy atom. The zero-order valence-electron chi connectivity index (χ0n) is 19.7. The van der Waals surface area contributed by atoms with Crippen LogP contribution in [0.4, 0.5) is 5.69 Å². The van der Waals surface area contributed by atoms with Gasteiger partial charge in [0.2, 0.25) is 0 Å². The van der Waals surface area contributed by atoms with E-state index in [1.54, 1.807) is 54.6 Å². The Morgan fingerprint density at radius 3 is 2.50 bits per heavy atom. The van der Waals surface area contributed by atoms with Gasteiger partial charge in [-0.15, -0.1) is 23.7 Å². The fourth-order valence-corrected chi connectivity index (χ4v) is 6.57. The molecule has 5 rings (SSSR count). The molecule has 0 aliphatic rings. The van der Waals surface area contributed by atoms with E-state index in [0.29, 0.717) is 22.9 Å². The van der Waals surface area contributed by atoms with Crippen molar-refractivity contribution in [2.24, 2.45) is 5.73 Å². The molecular weight excluding hydrogens is 546 g/mol. The normalized spacial score (nSPS) is 11.3. The Hall–Kier alpha value is -4.06. The third kappa shape index (κ3) is 5.30. The first-order chi connectivity index (χ1) is 17.7. The summed E-state index contributed by atoms with van der Waals surface area (Å²) >= 11 is 1.47. The maximum atomic E-state index is 13.7. The van der Waals surface area contributed by atoms with Crippen LogP contribution in [0.1, 0.15) is 16.1 Å². The van der Waals surface area contributed by atoms with Crippen LogP contribution in [0.25, 0.3) is 21.1 Å². The minimum Gasteiger partial charge on any atom is -0.480 e. The number of para-hydroxylation sites is 1. The average molecular weight is 568 g/mol. The van der Waals surface area contributed by atoms with Crippen molar-refractivity contribution < 1.29 is 18.3 Å². The summed E-state index contributed by atoms with van der Waals surface area (Å²) in [6.07, 6.45) is 2.05. The van der Waals surface area contributed by atoms with Crippen molar-refractivity contribution in [3.8, 4) is 0 Å². The molecule has 2 heterocycles. The summed E-state index contributed by atoms with van der Waals surface area (Å²) in [5, 5.41) is 18.5. The number of pyridine rings is 1. The number of rotatable bonds is 8. The molecule has 0 saturated heterocycles. The smallest absolute Gasteiger partial charge is 0.324 e. The second-order valence-electron chi connectivity index (χ2n) is 8.28. The van der Waals surface area contributed by atoms with Crippen molar-refractivity contribution in [2.75, 3.05) is 10.8 Å². The molecule has 3 aromatic carbocycles. The van der Waals surface area contributed by atoms with E-state index in [9.17, 15) is 18.3 Å². The van der Waals surface area contributed by atoms with E-state index in [-0.39, 0.29) is 34.3 Å². The van der Waals surface area contributed by atoms with E-state index in [0.717, 1.165) is 19.6 Å². The maximum absolute atomic E-state index is 13.7. The summed E-state index contributed by atoms with van der Waals surface area (Å²) in [6, 6.07) is 20.5. The Kier molecular flexibility index (Phi) is 7.63. The maximum Gasteiger partial charge on any atom is 0.324 e. The first kappa shape index (κ1) is 27.0. The molecule has 9 nitrogen and oxygen atoms in total. The molecule has 2 aromatic heterocycles. The number of benzene rings is 3. The van der Waals surface area contributed by atoms with Crippen molar-refractivity contribution in [3.05, 3.63) is 95.1 Å². The number of nitrogen functional groups attached to an aromatic ring is 1. The molecule has 4 N–H and O–H groups in total. The highest BCUT2D eigenvalue weighted by Gasteiger charge is 2.29. The van der Waals surface area contributed by atoms with Crippen LogP contribution < -0.4 is 10.0 Å². The van der Waals surface area contributed by atoms with Crippen LogP contribution in [0.15, 0.2) is 83.9 Å². The molecule has 0 atom stereocenters. The van der Waals surface area contributed by atoms with Crippen LogP contribution in [0.2, 0.25) is 0 Å². The molecule has 0 fully saturated rings. The van der Waals surface area contributed by atoms with E-state index in [4.69, 9.17) is 11.1 Å². The lowest BCUT2D eigenvalue weighted by Gasteiger charge is -2.23. The number of nitrogens with zero attached hydrogens (tertiary/aromatic N) is 3. The number of carbonyl (C=O) groups is 1. The predicted octanol–water partition coefficient (Wildman–Crippen LogP) is 4.42. The molecular formula is C26H22ClN5O4S2. The van der Waals surface area contributed by atoms with Gasteiger partial charge in [0, 0.05) is 23.6 Å². The molecule has 0 aliphatic heterocycles. The topological polar surface area (TPSA) is 150 Å². The van der Waals surface area contributed by atoms with Crippen LogP contribution in [0.3, 0.4) is 0 Å². The number of anilines is 1. The van der Waals surface area contributed by atoms with E-state index in [2.05, 4.69) is 9.97 Å². The van der Waals surface area contributed by atoms with Gasteiger partial charge in [-0.2, -0.15) is 0 Å². The highest BCUT2D eigenvalue weighted by atomic mass is 35.5. The quantitative estimate of drug-likeness (QED) is 0.185. The second kappa shape index (κ2) is 10.7. The summed E-state index contributed by atoms with van der Waals surface area (Å²) in [5.74, 6) is -1.29. The number of thiazole rings is 1. The molecule has 38 heavy (non-hydrogen) atoms. The van der Waals surface area contributed by atoms with Gasteiger partial charge in [-0.25, -0.2) is 13.4 Å². The fourth-order valence-electron chi connectivity index (χ4n) is 4.01. The minimum absolute atomic E-state index is 0. The molecule has 0 saturated carbocycles. The van der Waals surface area contributed by atoms with Gasteiger partial charge in [0.15, 0.2) is 0 Å². The molecule has 0 amide bonds. The van der Waals surface area contributed by atoms with Gasteiger partial charge >= 0.3 is 5.97 Å². The number of halogens is 1. The van der Waals surface area contributed by atoms with Gasteiger partial charge in [-0.3, -0.25) is 19.5 Å². The Balaban J connectivity index is 0.00000336. The summed E-state index contributed by atoms with van der Waals surface area (Å²) in [5.41, 5.74) is 8.18. The van der Waals surface area contributed by atoms with Crippen LogP contribution in [0, 0.1) is 5.41 Å². The Labute approximate surface area is 228 Å². The molecule has 0 spiro atoms. The van der Waals surface area contributed by atoms with Crippen LogP contribution >= 0.6 is 23.7 Å². The standard InChI is InChI=1S/C26H21N5O4S2.ClH/c27-26(28)18-8-6-16(7-9-18)13-23-30-20-14-19(10-11-21(20)36-23)31(15-24(32)33)37(34,35)22-5-1-3-17-4-2-12-29-25(17)22;/h1-12,14H,13,15H2,(H3,27,28)(H,32,33);1H. The van der Waals surface area contributed by atoms with Crippen molar-refractivity contribution in [3.63, 3.8) is 0 Å². The van der Waals surface area contributed by atoms with E-state index >= 15 is 0 Å². The molecule has 5 aromatic rings. The average Bonchev–Trinajstić information content (AvgIpc) is 3.28. The Bertz CT molecular complexity index is 1770. The van der Waals surface area contributed by atoms with Crippen molar-refractivity contribution in [1.82, 2.24) is 9.97 Å². The zero-order chi connectivity index (χ0) is 26.2. The highest BCUT2D eigenvalue weighted by molar-refractivity contribution is 7.93. The van der Waals surface area contributed by atoms with Gasteiger partial charge in [0.1, 0.15) is 17.3 Å². The number of aliphatic carboxylic acids is 1. The largest absolute Gasteiger partial charge is 0.480 e. The van der Waals surface area contributed by atoms with Gasteiger partial charge < -0.3 is 10.8 Å². The fraction of sp³-hybridized carbons (Fsp3) is 0.0769. The van der Waals surface area contributed by atoms with Gasteiger partial charge in [0.05, 0.1) is 26.4 Å². The van der Waals surface area contributed by atoms with Crippen molar-refractivity contribution in [1.29, 1.82) is 5.41 Å². The summed E-state index contributed by atoms with van der Waals surface area (Å²) in [6.45, 7) is -0.753. The highest BCUT2D eigenvalue weighted by Crippen LogP contribution is 2.32. The first-order valence-corrected chi connectivity index (χ1v) is 13.4. The molecule has 194 valence electrons. The molecule has 12 heteroatoms. The van der Waals surface area contributed by atoms with Crippen LogP contribution in [-0.4, -0.2) is 41.8 Å². The summed E-state index contributed by atoms with van der Waals surface area (Å²) in [4.78, 5) is 20.5. The van der Waals surface area contributed by atoms with E-state index in [1.165, 1.54) is 23.6 Å². The number of amidine groups is 1. The van der Waals surface area contributed by atoms with Crippen molar-refractivity contribution in [2.45, 2.75) is 11.3 Å². The molecule has 0 unspecified atom stereocenters. The number of hydrogen-bond acceptors (Lipinski definition) is 7. The number of fused-ring (bicyclic) bond motifs is 2. The summed E-state index contributed by atoms with van der Waals surface area (Å²) < 4.78 is 29.2. The number of nitrogens with one attached hydrogen (secondary N) is 1. The van der Waals surface area contributed by atoms with E-state index < -0.39 is 22.5 Å². The van der Waals surface area contributed by atoms with Crippen LogP contribution in [0.5, 0.6) is 0 Å². The Morgan fingerprint density at radius 2 is 1.79 bits per heavy atom. The monoisotopic (exact) mass is 567 g/mol. The third-order valence-electron chi connectivity index (χ3n) is 5.77. The second-order valence-corrected chi connectivity index (χ2v) is 11.2. The van der Waals surface area contributed by atoms with E-state index in [1.807, 2.05) is 12.1 Å². The number of sulfonamides is 1. The molecule has 0 aliphatic carbocycles. The first-order valence-electron chi connectivity index (χ1n) is 11.1. The number of aromatic nitrogens is 2. The molecule has 0 radical (unpaired) electrons. The zero-order valence-corrected chi connectivity index (χ0v) is 22.2. The number of carboxylic acids is 1. The minimum atomic E-state index is -4.26. The summed E-state index contributed by atoms with van der Waals surface area (Å²) in [7, 11) is -4.26. The van der Waals surface area contributed by atoms with Gasteiger partial charge in [-0.05, 0) is 35.9 Å². The van der Waals surface area contributed by atoms with Crippen LogP contribution in [-0.2, 0) is 21.2 Å². The van der Waals surface area contributed by atoms with Gasteiger partial charge in [0.25, 0.3) is 10.0 Å². The van der Waals surface area contributed by atoms with Crippen molar-refractivity contribution >= 4 is 72.4 Å².